The summed E-state index contributed by atoms with van der Waals surface area (Å²) < 4.78 is 45.4. The molecule has 20 heavy (non-hydrogen) atoms. The number of ether oxygens (including phenoxy) is 2. The standard InChI is InChI=1S/C14H18ClF3O2/c1-19-13-4-2-11(3-5-13)8-12(9-15)6-7-20-10-14(16,17)18/h2-5,12H,6-10H2,1H3. The van der Waals surface area contributed by atoms with Crippen LogP contribution in [0.25, 0.3) is 0 Å². The fraction of sp³-hybridized carbons (Fsp3) is 0.571. The van der Waals surface area contributed by atoms with Crippen molar-refractivity contribution in [1.29, 1.82) is 0 Å². The topological polar surface area (TPSA) is 18.5 Å². The van der Waals surface area contributed by atoms with Crippen molar-refractivity contribution in [1.82, 2.24) is 0 Å². The quantitative estimate of drug-likeness (QED) is 0.532. The SMILES string of the molecule is COc1ccc(CC(CCl)CCOCC(F)(F)F)cc1. The monoisotopic (exact) mass is 310 g/mol. The number of methoxy groups -OCH3 is 1. The Morgan fingerprint density at radius 3 is 2.35 bits per heavy atom. The minimum atomic E-state index is -4.27. The lowest BCUT2D eigenvalue weighted by Crippen LogP contribution is -2.19. The van der Waals surface area contributed by atoms with Gasteiger partial charge in [-0.3, -0.25) is 0 Å². The Morgan fingerprint density at radius 2 is 1.85 bits per heavy atom. The Kier molecular flexibility index (Phi) is 7.16. The van der Waals surface area contributed by atoms with Crippen molar-refractivity contribution < 1.29 is 22.6 Å². The summed E-state index contributed by atoms with van der Waals surface area (Å²) >= 11 is 5.84. The van der Waals surface area contributed by atoms with Crippen molar-refractivity contribution in [2.24, 2.45) is 5.92 Å². The smallest absolute Gasteiger partial charge is 0.411 e. The Hall–Kier alpha value is -0.940. The lowest BCUT2D eigenvalue weighted by Gasteiger charge is -2.15. The average Bonchev–Trinajstić information content (AvgIpc) is 2.42. The maximum Gasteiger partial charge on any atom is 0.411 e. The third kappa shape index (κ3) is 7.01. The van der Waals surface area contributed by atoms with Crippen molar-refractivity contribution in [2.45, 2.75) is 19.0 Å². The van der Waals surface area contributed by atoms with Gasteiger partial charge < -0.3 is 9.47 Å². The Balaban J connectivity index is 2.34. The van der Waals surface area contributed by atoms with Crippen LogP contribution in [0.1, 0.15) is 12.0 Å². The molecule has 0 spiro atoms. The van der Waals surface area contributed by atoms with Crippen LogP contribution in [0.3, 0.4) is 0 Å². The van der Waals surface area contributed by atoms with E-state index in [-0.39, 0.29) is 12.5 Å². The van der Waals surface area contributed by atoms with Gasteiger partial charge in [-0.15, -0.1) is 11.6 Å². The molecule has 1 aromatic carbocycles. The number of hydrogen-bond acceptors (Lipinski definition) is 2. The number of benzene rings is 1. The van der Waals surface area contributed by atoms with Crippen LogP contribution in [0.2, 0.25) is 0 Å². The summed E-state index contributed by atoms with van der Waals surface area (Å²) in [5.41, 5.74) is 1.08. The van der Waals surface area contributed by atoms with Gasteiger partial charge in [0.1, 0.15) is 12.4 Å². The number of hydrogen-bond donors (Lipinski definition) is 0. The lowest BCUT2D eigenvalue weighted by atomic mass is 9.98. The van der Waals surface area contributed by atoms with E-state index in [0.717, 1.165) is 11.3 Å². The Bertz CT molecular complexity index is 379. The van der Waals surface area contributed by atoms with Gasteiger partial charge in [0.15, 0.2) is 0 Å². The Morgan fingerprint density at radius 1 is 1.20 bits per heavy atom. The fourth-order valence-electron chi connectivity index (χ4n) is 1.77. The lowest BCUT2D eigenvalue weighted by molar-refractivity contribution is -0.174. The van der Waals surface area contributed by atoms with Crippen LogP contribution >= 0.6 is 11.6 Å². The summed E-state index contributed by atoms with van der Waals surface area (Å²) in [5.74, 6) is 1.25. The maximum atomic E-state index is 11.9. The van der Waals surface area contributed by atoms with E-state index >= 15 is 0 Å². The molecule has 0 aliphatic heterocycles. The van der Waals surface area contributed by atoms with Crippen LogP contribution in [0.5, 0.6) is 5.75 Å². The van der Waals surface area contributed by atoms with Gasteiger partial charge in [-0.25, -0.2) is 0 Å². The molecular weight excluding hydrogens is 293 g/mol. The van der Waals surface area contributed by atoms with Gasteiger partial charge in [-0.1, -0.05) is 12.1 Å². The highest BCUT2D eigenvalue weighted by atomic mass is 35.5. The van der Waals surface area contributed by atoms with Gasteiger partial charge >= 0.3 is 6.18 Å². The first kappa shape index (κ1) is 17.1. The van der Waals surface area contributed by atoms with Crippen LogP contribution in [-0.4, -0.2) is 32.4 Å². The summed E-state index contributed by atoms with van der Waals surface area (Å²) in [6, 6.07) is 7.55. The van der Waals surface area contributed by atoms with E-state index in [1.165, 1.54) is 0 Å². The third-order valence-electron chi connectivity index (χ3n) is 2.84. The van der Waals surface area contributed by atoms with Gasteiger partial charge in [0.2, 0.25) is 0 Å². The van der Waals surface area contributed by atoms with Gasteiger partial charge in [0.05, 0.1) is 7.11 Å². The van der Waals surface area contributed by atoms with Crippen LogP contribution in [0.4, 0.5) is 13.2 Å². The predicted octanol–water partition coefficient (Wildman–Crippen LogP) is 4.06. The number of halogens is 4. The van der Waals surface area contributed by atoms with E-state index < -0.39 is 12.8 Å². The summed E-state index contributed by atoms with van der Waals surface area (Å²) in [6.07, 6.45) is -3.05. The molecule has 0 saturated carbocycles. The van der Waals surface area contributed by atoms with Crippen molar-refractivity contribution >= 4 is 11.6 Å². The zero-order chi connectivity index (χ0) is 15.0. The zero-order valence-electron chi connectivity index (χ0n) is 11.3. The van der Waals surface area contributed by atoms with Gasteiger partial charge in [-0.2, -0.15) is 13.2 Å². The molecule has 1 unspecified atom stereocenters. The molecule has 0 saturated heterocycles. The third-order valence-corrected chi connectivity index (χ3v) is 3.27. The molecule has 1 aromatic rings. The Labute approximate surface area is 121 Å². The number of rotatable bonds is 8. The fourth-order valence-corrected chi connectivity index (χ4v) is 2.03. The molecule has 0 N–H and O–H groups in total. The second kappa shape index (κ2) is 8.37. The molecule has 114 valence electrons. The van der Waals surface area contributed by atoms with Crippen LogP contribution < -0.4 is 4.74 Å². The molecule has 0 aliphatic carbocycles. The summed E-state index contributed by atoms with van der Waals surface area (Å²) in [6.45, 7) is -1.14. The maximum absolute atomic E-state index is 11.9. The van der Waals surface area contributed by atoms with E-state index in [0.29, 0.717) is 18.7 Å². The molecule has 0 aromatic heterocycles. The highest BCUT2D eigenvalue weighted by molar-refractivity contribution is 6.18. The highest BCUT2D eigenvalue weighted by Crippen LogP contribution is 2.19. The van der Waals surface area contributed by atoms with Crippen molar-refractivity contribution in [3.8, 4) is 5.75 Å². The summed E-state index contributed by atoms with van der Waals surface area (Å²) in [5, 5.41) is 0. The molecule has 0 heterocycles. The first-order chi connectivity index (χ1) is 9.44. The highest BCUT2D eigenvalue weighted by Gasteiger charge is 2.27. The van der Waals surface area contributed by atoms with E-state index in [4.69, 9.17) is 16.3 Å². The largest absolute Gasteiger partial charge is 0.497 e. The van der Waals surface area contributed by atoms with Crippen LogP contribution in [-0.2, 0) is 11.2 Å². The van der Waals surface area contributed by atoms with Crippen LogP contribution in [0, 0.1) is 5.92 Å². The first-order valence-electron chi connectivity index (χ1n) is 6.28. The molecule has 0 amide bonds. The predicted molar refractivity (Wildman–Crippen MR) is 72.4 cm³/mol. The van der Waals surface area contributed by atoms with Gasteiger partial charge in [-0.05, 0) is 36.5 Å². The summed E-state index contributed by atoms with van der Waals surface area (Å²) in [4.78, 5) is 0. The number of alkyl halides is 4. The van der Waals surface area contributed by atoms with Crippen molar-refractivity contribution in [3.05, 3.63) is 29.8 Å². The molecule has 0 fully saturated rings. The second-order valence-corrected chi connectivity index (χ2v) is 4.84. The second-order valence-electron chi connectivity index (χ2n) is 4.53. The summed E-state index contributed by atoms with van der Waals surface area (Å²) in [7, 11) is 1.59. The molecule has 1 rings (SSSR count). The normalized spacial score (nSPS) is 13.2. The molecule has 6 heteroatoms. The molecule has 2 nitrogen and oxygen atoms in total. The van der Waals surface area contributed by atoms with Gasteiger partial charge in [0, 0.05) is 12.5 Å². The molecular formula is C14H18ClF3O2. The van der Waals surface area contributed by atoms with E-state index in [1.807, 2.05) is 24.3 Å². The minimum Gasteiger partial charge on any atom is -0.497 e. The molecule has 0 aliphatic rings. The van der Waals surface area contributed by atoms with Crippen LogP contribution in [0.15, 0.2) is 24.3 Å². The average molecular weight is 311 g/mol. The van der Waals surface area contributed by atoms with E-state index in [9.17, 15) is 13.2 Å². The first-order valence-corrected chi connectivity index (χ1v) is 6.81. The molecule has 0 radical (unpaired) electrons. The van der Waals surface area contributed by atoms with E-state index in [2.05, 4.69) is 4.74 Å². The van der Waals surface area contributed by atoms with Crippen molar-refractivity contribution in [2.75, 3.05) is 26.2 Å². The molecule has 0 bridgehead atoms. The minimum absolute atomic E-state index is 0.0626. The van der Waals surface area contributed by atoms with Gasteiger partial charge in [0.25, 0.3) is 0 Å². The molecule has 1 atom stereocenters. The zero-order valence-corrected chi connectivity index (χ0v) is 12.0. The van der Waals surface area contributed by atoms with Crippen molar-refractivity contribution in [3.63, 3.8) is 0 Å². The van der Waals surface area contributed by atoms with E-state index in [1.54, 1.807) is 7.11 Å².